The summed E-state index contributed by atoms with van der Waals surface area (Å²) in [6, 6.07) is 8.74. The van der Waals surface area contributed by atoms with Crippen LogP contribution in [0.5, 0.6) is 0 Å². The normalized spacial score (nSPS) is 22.8. The molecule has 0 aliphatic carbocycles. The third-order valence-corrected chi connectivity index (χ3v) is 3.63. The lowest BCUT2D eigenvalue weighted by molar-refractivity contribution is 0.195. The van der Waals surface area contributed by atoms with E-state index in [2.05, 4.69) is 50.2 Å². The summed E-state index contributed by atoms with van der Waals surface area (Å²) >= 11 is 2.29. The van der Waals surface area contributed by atoms with Crippen LogP contribution >= 0.6 is 22.9 Å². The van der Waals surface area contributed by atoms with E-state index in [1.165, 1.54) is 11.1 Å². The number of halogens is 1. The predicted octanol–water partition coefficient (Wildman–Crippen LogP) is 1.76. The first-order valence-electron chi connectivity index (χ1n) is 4.41. The van der Waals surface area contributed by atoms with Crippen molar-refractivity contribution in [3.8, 4) is 0 Å². The van der Waals surface area contributed by atoms with Gasteiger partial charge in [0, 0.05) is 35.5 Å². The Hall–Kier alpha value is -0.130. The Morgan fingerprint density at radius 2 is 2.08 bits per heavy atom. The summed E-state index contributed by atoms with van der Waals surface area (Å²) < 4.78 is 2.18. The third-order valence-electron chi connectivity index (χ3n) is 2.50. The van der Waals surface area contributed by atoms with Crippen LogP contribution in [0, 0.1) is 0 Å². The monoisotopic (exact) mass is 289 g/mol. The number of hydrogen-bond donors (Lipinski definition) is 1. The minimum absolute atomic E-state index is 0.247. The van der Waals surface area contributed by atoms with Crippen molar-refractivity contribution >= 4 is 22.9 Å². The molecule has 0 radical (unpaired) electrons. The van der Waals surface area contributed by atoms with Crippen molar-refractivity contribution in [2.24, 2.45) is 0 Å². The first kappa shape index (κ1) is 9.43. The maximum absolute atomic E-state index is 9.14. The molecule has 0 spiro atoms. The molecule has 0 fully saturated rings. The molecule has 1 aliphatic rings. The minimum atomic E-state index is 0.247. The van der Waals surface area contributed by atoms with Crippen LogP contribution in [-0.4, -0.2) is 20.9 Å². The highest BCUT2D eigenvalue weighted by Crippen LogP contribution is 2.25. The summed E-state index contributed by atoms with van der Waals surface area (Å²) in [7, 11) is 0. The van der Waals surface area contributed by atoms with Gasteiger partial charge < -0.3 is 5.11 Å². The Morgan fingerprint density at radius 1 is 1.38 bits per heavy atom. The molecule has 13 heavy (non-hydrogen) atoms. The van der Waals surface area contributed by atoms with Gasteiger partial charge in [-0.2, -0.15) is 0 Å². The first-order chi connectivity index (χ1) is 6.31. The summed E-state index contributed by atoms with van der Waals surface area (Å²) in [4.78, 5) is 0. The van der Waals surface area contributed by atoms with E-state index in [1.54, 1.807) is 0 Å². The summed E-state index contributed by atoms with van der Waals surface area (Å²) in [6.45, 7) is 1.19. The first-order valence-corrected chi connectivity index (χ1v) is 5.38. The van der Waals surface area contributed by atoms with Crippen molar-refractivity contribution in [2.75, 3.05) is 6.61 Å². The van der Waals surface area contributed by atoms with Crippen LogP contribution in [0.2, 0.25) is 0 Å². The zero-order chi connectivity index (χ0) is 9.26. The number of aliphatic hydroxyl groups excluding tert-OH is 1. The van der Waals surface area contributed by atoms with Gasteiger partial charge in [-0.15, -0.1) is 0 Å². The highest BCUT2D eigenvalue weighted by molar-refractivity contribution is 14.1. The van der Waals surface area contributed by atoms with Gasteiger partial charge in [0.25, 0.3) is 0 Å². The number of rotatable bonds is 1. The number of nitrogens with zero attached hydrogens (tertiary/aromatic N) is 1. The molecule has 0 bridgehead atoms. The molecule has 2 rings (SSSR count). The average Bonchev–Trinajstić information content (AvgIpc) is 2.17. The summed E-state index contributed by atoms with van der Waals surface area (Å²) in [5.41, 5.74) is 2.77. The lowest BCUT2D eigenvalue weighted by atomic mass is 9.96. The number of fused-ring (bicyclic) bond motifs is 1. The van der Waals surface area contributed by atoms with Crippen LogP contribution in [0.25, 0.3) is 0 Å². The fraction of sp³-hybridized carbons (Fsp3) is 0.400. The second kappa shape index (κ2) is 3.94. The highest BCUT2D eigenvalue weighted by atomic mass is 127. The molecule has 70 valence electrons. The standard InChI is InChI=1S/C10H12INO/c11-12-6-9-4-2-1-3-8(9)5-10(12)7-13/h1-4,10,13H,5-7H2/t10-/m0/s1. The van der Waals surface area contributed by atoms with Crippen LogP contribution in [-0.2, 0) is 13.0 Å². The largest absolute Gasteiger partial charge is 0.395 e. The number of hydrogen-bond acceptors (Lipinski definition) is 2. The zero-order valence-electron chi connectivity index (χ0n) is 7.28. The van der Waals surface area contributed by atoms with Gasteiger partial charge in [0.05, 0.1) is 6.61 Å². The average molecular weight is 289 g/mol. The topological polar surface area (TPSA) is 23.5 Å². The van der Waals surface area contributed by atoms with Gasteiger partial charge in [0.1, 0.15) is 0 Å². The minimum Gasteiger partial charge on any atom is -0.395 e. The van der Waals surface area contributed by atoms with E-state index in [4.69, 9.17) is 5.11 Å². The van der Waals surface area contributed by atoms with E-state index in [0.29, 0.717) is 0 Å². The zero-order valence-corrected chi connectivity index (χ0v) is 9.44. The van der Waals surface area contributed by atoms with Crippen LogP contribution in [0.15, 0.2) is 24.3 Å². The van der Waals surface area contributed by atoms with E-state index >= 15 is 0 Å². The van der Waals surface area contributed by atoms with Crippen LogP contribution in [0.1, 0.15) is 11.1 Å². The molecule has 0 unspecified atom stereocenters. The van der Waals surface area contributed by atoms with Crippen molar-refractivity contribution < 1.29 is 5.11 Å². The molecule has 1 aromatic rings. The van der Waals surface area contributed by atoms with Crippen molar-refractivity contribution in [1.29, 1.82) is 0 Å². The second-order valence-corrected chi connectivity index (χ2v) is 4.61. The second-order valence-electron chi connectivity index (χ2n) is 3.37. The smallest absolute Gasteiger partial charge is 0.0598 e. The van der Waals surface area contributed by atoms with Gasteiger partial charge in [-0.3, -0.25) is 0 Å². The Kier molecular flexibility index (Phi) is 2.86. The Morgan fingerprint density at radius 3 is 2.77 bits per heavy atom. The maximum Gasteiger partial charge on any atom is 0.0598 e. The molecule has 1 atom stereocenters. The van der Waals surface area contributed by atoms with Gasteiger partial charge in [-0.1, -0.05) is 24.3 Å². The molecule has 0 saturated heterocycles. The van der Waals surface area contributed by atoms with Gasteiger partial charge in [0.15, 0.2) is 0 Å². The Bertz CT molecular complexity index is 303. The van der Waals surface area contributed by atoms with E-state index < -0.39 is 0 Å². The molecule has 0 amide bonds. The molecule has 2 nitrogen and oxygen atoms in total. The molecule has 1 N–H and O–H groups in total. The van der Waals surface area contributed by atoms with E-state index in [0.717, 1.165) is 13.0 Å². The molecule has 1 aliphatic heterocycles. The van der Waals surface area contributed by atoms with Crippen molar-refractivity contribution in [1.82, 2.24) is 3.11 Å². The quantitative estimate of drug-likeness (QED) is 0.629. The Balaban J connectivity index is 2.27. The lowest BCUT2D eigenvalue weighted by Gasteiger charge is -2.30. The van der Waals surface area contributed by atoms with E-state index in [9.17, 15) is 0 Å². The van der Waals surface area contributed by atoms with Crippen molar-refractivity contribution in [3.63, 3.8) is 0 Å². The SMILES string of the molecule is OC[C@@H]1Cc2ccccc2CN1I. The van der Waals surface area contributed by atoms with Gasteiger partial charge >= 0.3 is 0 Å². The van der Waals surface area contributed by atoms with Crippen molar-refractivity contribution in [2.45, 2.75) is 19.0 Å². The fourth-order valence-electron chi connectivity index (χ4n) is 1.71. The van der Waals surface area contributed by atoms with Gasteiger partial charge in [-0.25, -0.2) is 3.11 Å². The molecule has 3 heteroatoms. The Labute approximate surface area is 92.1 Å². The number of aliphatic hydroxyl groups is 1. The number of benzene rings is 1. The summed E-state index contributed by atoms with van der Waals surface area (Å²) in [5.74, 6) is 0. The third kappa shape index (κ3) is 1.87. The molecule has 0 aromatic heterocycles. The molecule has 1 heterocycles. The van der Waals surface area contributed by atoms with Crippen molar-refractivity contribution in [3.05, 3.63) is 35.4 Å². The van der Waals surface area contributed by atoms with E-state index in [1.807, 2.05) is 0 Å². The summed E-state index contributed by atoms with van der Waals surface area (Å²) in [5, 5.41) is 9.14. The van der Waals surface area contributed by atoms with Gasteiger partial charge in [0.2, 0.25) is 0 Å². The maximum atomic E-state index is 9.14. The summed E-state index contributed by atoms with van der Waals surface area (Å²) in [6.07, 6.45) is 0.968. The lowest BCUT2D eigenvalue weighted by Crippen LogP contribution is -2.35. The molecule has 1 aromatic carbocycles. The molecule has 0 saturated carbocycles. The van der Waals surface area contributed by atoms with Crippen LogP contribution in [0.4, 0.5) is 0 Å². The van der Waals surface area contributed by atoms with Crippen LogP contribution in [0.3, 0.4) is 0 Å². The predicted molar refractivity (Wildman–Crippen MR) is 60.6 cm³/mol. The fourth-order valence-corrected chi connectivity index (χ4v) is 2.45. The molecular weight excluding hydrogens is 277 g/mol. The highest BCUT2D eigenvalue weighted by Gasteiger charge is 2.22. The van der Waals surface area contributed by atoms with Crippen LogP contribution < -0.4 is 0 Å². The van der Waals surface area contributed by atoms with E-state index in [-0.39, 0.29) is 12.6 Å². The molecular formula is C10H12INO. The van der Waals surface area contributed by atoms with Gasteiger partial charge in [-0.05, 0) is 17.5 Å².